The Hall–Kier alpha value is -1.81. The lowest BCUT2D eigenvalue weighted by Gasteiger charge is -2.21. The number of aromatic nitrogens is 1. The van der Waals surface area contributed by atoms with Gasteiger partial charge in [0.2, 0.25) is 0 Å². The van der Waals surface area contributed by atoms with Crippen molar-refractivity contribution >= 4 is 22.1 Å². The highest BCUT2D eigenvalue weighted by molar-refractivity contribution is 6.01. The Morgan fingerprint density at radius 1 is 1.42 bits per heavy atom. The quantitative estimate of drug-likeness (QED) is 0.807. The van der Waals surface area contributed by atoms with Gasteiger partial charge >= 0.3 is 0 Å². The van der Waals surface area contributed by atoms with Crippen LogP contribution in [0, 0.1) is 12.8 Å². The molecule has 0 radical (unpaired) electrons. The molecule has 19 heavy (non-hydrogen) atoms. The molecule has 3 rings (SSSR count). The largest absolute Gasteiger partial charge is 0.398 e. The first kappa shape index (κ1) is 12.2. The van der Waals surface area contributed by atoms with E-state index < -0.39 is 0 Å². The molecule has 1 atom stereocenters. The second kappa shape index (κ2) is 4.70. The molecule has 1 aromatic heterocycles. The van der Waals surface area contributed by atoms with Crippen molar-refractivity contribution in [2.75, 3.05) is 30.3 Å². The van der Waals surface area contributed by atoms with Crippen molar-refractivity contribution in [3.05, 3.63) is 30.1 Å². The van der Waals surface area contributed by atoms with Crippen LogP contribution >= 0.6 is 0 Å². The second-order valence-corrected chi connectivity index (χ2v) is 5.33. The lowest BCUT2D eigenvalue weighted by Crippen LogP contribution is -2.21. The molecule has 1 aromatic carbocycles. The lowest BCUT2D eigenvalue weighted by atomic mass is 10.1. The predicted molar refractivity (Wildman–Crippen MR) is 78.3 cm³/mol. The fourth-order valence-electron chi connectivity index (χ4n) is 2.83. The number of fused-ring (bicyclic) bond motifs is 1. The molecule has 0 spiro atoms. The van der Waals surface area contributed by atoms with Crippen molar-refractivity contribution < 1.29 is 5.11 Å². The van der Waals surface area contributed by atoms with Gasteiger partial charge < -0.3 is 15.7 Å². The number of nitrogens with two attached hydrogens (primary N) is 1. The lowest BCUT2D eigenvalue weighted by molar-refractivity contribution is 0.238. The van der Waals surface area contributed by atoms with E-state index in [2.05, 4.69) is 22.0 Å². The van der Waals surface area contributed by atoms with Crippen LogP contribution in [0.5, 0.6) is 0 Å². The van der Waals surface area contributed by atoms with E-state index >= 15 is 0 Å². The monoisotopic (exact) mass is 257 g/mol. The molecule has 0 aliphatic carbocycles. The molecule has 0 saturated carbocycles. The minimum atomic E-state index is 0.268. The van der Waals surface area contributed by atoms with Crippen LogP contribution in [0.2, 0.25) is 0 Å². The Morgan fingerprint density at radius 3 is 3.00 bits per heavy atom. The van der Waals surface area contributed by atoms with Gasteiger partial charge in [-0.3, -0.25) is 4.98 Å². The van der Waals surface area contributed by atoms with Gasteiger partial charge in [0, 0.05) is 59.7 Å². The zero-order valence-corrected chi connectivity index (χ0v) is 11.1. The molecule has 0 bridgehead atoms. The summed E-state index contributed by atoms with van der Waals surface area (Å²) in [5, 5.41) is 11.4. The maximum absolute atomic E-state index is 9.28. The van der Waals surface area contributed by atoms with Gasteiger partial charge in [0.1, 0.15) is 0 Å². The highest BCUT2D eigenvalue weighted by Gasteiger charge is 2.23. The Bertz CT molecular complexity index is 612. The third-order valence-electron chi connectivity index (χ3n) is 3.93. The van der Waals surface area contributed by atoms with Gasteiger partial charge in [-0.05, 0) is 31.5 Å². The number of nitrogens with zero attached hydrogens (tertiary/aromatic N) is 2. The SMILES string of the molecule is Cc1cc2c(N3CCC(CO)C3)ccc(N)c2cn1. The summed E-state index contributed by atoms with van der Waals surface area (Å²) in [5.41, 5.74) is 8.99. The summed E-state index contributed by atoms with van der Waals surface area (Å²) in [4.78, 5) is 6.66. The second-order valence-electron chi connectivity index (χ2n) is 5.33. The third-order valence-corrected chi connectivity index (χ3v) is 3.93. The third kappa shape index (κ3) is 2.12. The zero-order valence-electron chi connectivity index (χ0n) is 11.1. The molecule has 2 aromatic rings. The van der Waals surface area contributed by atoms with Crippen molar-refractivity contribution in [1.82, 2.24) is 4.98 Å². The number of hydrogen-bond acceptors (Lipinski definition) is 4. The first-order valence-corrected chi connectivity index (χ1v) is 6.69. The van der Waals surface area contributed by atoms with E-state index in [1.54, 1.807) is 0 Å². The van der Waals surface area contributed by atoms with E-state index in [1.807, 2.05) is 19.2 Å². The van der Waals surface area contributed by atoms with E-state index in [9.17, 15) is 5.11 Å². The van der Waals surface area contributed by atoms with Crippen molar-refractivity contribution in [3.63, 3.8) is 0 Å². The highest BCUT2D eigenvalue weighted by atomic mass is 16.3. The Balaban J connectivity index is 2.09. The smallest absolute Gasteiger partial charge is 0.0476 e. The number of nitrogen functional groups attached to an aromatic ring is 1. The van der Waals surface area contributed by atoms with Crippen molar-refractivity contribution in [2.24, 2.45) is 5.92 Å². The van der Waals surface area contributed by atoms with Gasteiger partial charge in [-0.1, -0.05) is 0 Å². The van der Waals surface area contributed by atoms with E-state index in [-0.39, 0.29) is 6.61 Å². The van der Waals surface area contributed by atoms with Crippen LogP contribution in [-0.4, -0.2) is 29.8 Å². The molecule has 1 fully saturated rings. The Kier molecular flexibility index (Phi) is 3.03. The minimum absolute atomic E-state index is 0.268. The number of hydrogen-bond donors (Lipinski definition) is 2. The minimum Gasteiger partial charge on any atom is -0.398 e. The highest BCUT2D eigenvalue weighted by Crippen LogP contribution is 2.33. The molecule has 1 aliphatic heterocycles. The maximum atomic E-state index is 9.28. The van der Waals surface area contributed by atoms with Crippen molar-refractivity contribution in [3.8, 4) is 0 Å². The molecule has 100 valence electrons. The summed E-state index contributed by atoms with van der Waals surface area (Å²) in [6.45, 7) is 4.17. The number of aliphatic hydroxyl groups excluding tert-OH is 1. The first-order chi connectivity index (χ1) is 9.19. The Morgan fingerprint density at radius 2 is 2.26 bits per heavy atom. The molecule has 1 saturated heterocycles. The summed E-state index contributed by atoms with van der Waals surface area (Å²) < 4.78 is 0. The van der Waals surface area contributed by atoms with Crippen LogP contribution in [0.25, 0.3) is 10.8 Å². The first-order valence-electron chi connectivity index (χ1n) is 6.69. The standard InChI is InChI=1S/C15H19N3O/c1-10-6-12-13(7-17-10)14(16)2-3-15(12)18-5-4-11(8-18)9-19/h2-3,6-7,11,19H,4-5,8-9,16H2,1H3. The number of rotatable bonds is 2. The predicted octanol–water partition coefficient (Wildman–Crippen LogP) is 1.94. The summed E-state index contributed by atoms with van der Waals surface area (Å²) in [6, 6.07) is 6.12. The van der Waals surface area contributed by atoms with Gasteiger partial charge in [-0.2, -0.15) is 0 Å². The molecular formula is C15H19N3O. The summed E-state index contributed by atoms with van der Waals surface area (Å²) in [7, 11) is 0. The zero-order chi connectivity index (χ0) is 13.4. The maximum Gasteiger partial charge on any atom is 0.0476 e. The summed E-state index contributed by atoms with van der Waals surface area (Å²) in [6.07, 6.45) is 2.90. The number of anilines is 2. The van der Waals surface area contributed by atoms with E-state index in [4.69, 9.17) is 5.73 Å². The van der Waals surface area contributed by atoms with Crippen molar-refractivity contribution in [1.29, 1.82) is 0 Å². The molecule has 2 heterocycles. The van der Waals surface area contributed by atoms with E-state index in [0.717, 1.165) is 41.7 Å². The molecule has 1 unspecified atom stereocenters. The number of aliphatic hydroxyl groups is 1. The normalized spacial score (nSPS) is 19.3. The number of aryl methyl sites for hydroxylation is 1. The van der Waals surface area contributed by atoms with E-state index in [1.165, 1.54) is 5.69 Å². The topological polar surface area (TPSA) is 62.4 Å². The Labute approximate surface area is 112 Å². The van der Waals surface area contributed by atoms with Gasteiger partial charge in [0.05, 0.1) is 0 Å². The van der Waals surface area contributed by atoms with Crippen LogP contribution in [0.15, 0.2) is 24.4 Å². The number of pyridine rings is 1. The van der Waals surface area contributed by atoms with Crippen LogP contribution < -0.4 is 10.6 Å². The average Bonchev–Trinajstić information content (AvgIpc) is 2.87. The molecule has 3 N–H and O–H groups in total. The fraction of sp³-hybridized carbons (Fsp3) is 0.400. The molecule has 1 aliphatic rings. The van der Waals surface area contributed by atoms with Gasteiger partial charge in [0.15, 0.2) is 0 Å². The molecule has 4 nitrogen and oxygen atoms in total. The van der Waals surface area contributed by atoms with E-state index in [0.29, 0.717) is 5.92 Å². The van der Waals surface area contributed by atoms with Gasteiger partial charge in [0.25, 0.3) is 0 Å². The van der Waals surface area contributed by atoms with Crippen LogP contribution in [0.4, 0.5) is 11.4 Å². The summed E-state index contributed by atoms with van der Waals surface area (Å²) in [5.74, 6) is 0.385. The average molecular weight is 257 g/mol. The summed E-state index contributed by atoms with van der Waals surface area (Å²) >= 11 is 0. The van der Waals surface area contributed by atoms with Gasteiger partial charge in [-0.15, -0.1) is 0 Å². The van der Waals surface area contributed by atoms with Crippen molar-refractivity contribution in [2.45, 2.75) is 13.3 Å². The fourth-order valence-corrected chi connectivity index (χ4v) is 2.83. The molecular weight excluding hydrogens is 238 g/mol. The van der Waals surface area contributed by atoms with Crippen LogP contribution in [-0.2, 0) is 0 Å². The number of benzene rings is 1. The molecule has 4 heteroatoms. The van der Waals surface area contributed by atoms with Crippen LogP contribution in [0.3, 0.4) is 0 Å². The molecule has 0 amide bonds. The van der Waals surface area contributed by atoms with Gasteiger partial charge in [-0.25, -0.2) is 0 Å². The van der Waals surface area contributed by atoms with Crippen LogP contribution in [0.1, 0.15) is 12.1 Å².